The Morgan fingerprint density at radius 2 is 1.70 bits per heavy atom. The zero-order chi connectivity index (χ0) is 29.1. The molecule has 0 spiro atoms. The fourth-order valence-electron chi connectivity index (χ4n) is 5.33. The normalized spacial score (nSPS) is 15.0. The zero-order valence-corrected chi connectivity index (χ0v) is 25.1. The molecule has 1 saturated heterocycles. The average Bonchev–Trinajstić information content (AvgIpc) is 2.89. The first kappa shape index (κ1) is 29.9. The number of piperidine rings is 1. The van der Waals surface area contributed by atoms with E-state index < -0.39 is 5.60 Å². The summed E-state index contributed by atoms with van der Waals surface area (Å²) in [5, 5.41) is 0.617. The lowest BCUT2D eigenvalue weighted by molar-refractivity contribution is 0.0128. The van der Waals surface area contributed by atoms with Crippen molar-refractivity contribution in [1.29, 1.82) is 0 Å². The number of carbonyl (C=O) groups excluding carboxylic acids is 1. The van der Waals surface area contributed by atoms with Gasteiger partial charge in [0.25, 0.3) is 0 Å². The molecule has 0 unspecified atom stereocenters. The minimum absolute atomic E-state index is 0.222. The van der Waals surface area contributed by atoms with E-state index in [1.54, 1.807) is 11.1 Å². The third-order valence-electron chi connectivity index (χ3n) is 7.62. The molecule has 1 amide bonds. The Balaban J connectivity index is 1.61. The summed E-state index contributed by atoms with van der Waals surface area (Å²) < 4.78 is 19.3. The Hall–Kier alpha value is -3.03. The van der Waals surface area contributed by atoms with Gasteiger partial charge in [-0.25, -0.2) is 9.18 Å². The third kappa shape index (κ3) is 7.38. The quantitative estimate of drug-likeness (QED) is 0.300. The molecule has 6 nitrogen and oxygen atoms in total. The number of benzene rings is 1. The summed E-state index contributed by atoms with van der Waals surface area (Å²) in [6.07, 6.45) is 4.89. The van der Waals surface area contributed by atoms with Gasteiger partial charge in [-0.2, -0.15) is 0 Å². The van der Waals surface area contributed by atoms with E-state index in [2.05, 4.69) is 29.8 Å². The third-order valence-corrected chi connectivity index (χ3v) is 7.83. The van der Waals surface area contributed by atoms with Crippen molar-refractivity contribution in [1.82, 2.24) is 19.8 Å². The predicted octanol–water partition coefficient (Wildman–Crippen LogP) is 7.31. The predicted molar refractivity (Wildman–Crippen MR) is 157 cm³/mol. The summed E-state index contributed by atoms with van der Waals surface area (Å²) >= 11 is 6.20. The zero-order valence-electron chi connectivity index (χ0n) is 24.4. The maximum Gasteiger partial charge on any atom is 0.410 e. The first-order chi connectivity index (χ1) is 18.8. The van der Waals surface area contributed by atoms with Crippen molar-refractivity contribution in [2.45, 2.75) is 84.5 Å². The first-order valence-electron chi connectivity index (χ1n) is 13.9. The Morgan fingerprint density at radius 3 is 2.33 bits per heavy atom. The molecule has 0 saturated carbocycles. The van der Waals surface area contributed by atoms with E-state index in [9.17, 15) is 9.18 Å². The van der Waals surface area contributed by atoms with Crippen molar-refractivity contribution in [2.75, 3.05) is 13.1 Å². The van der Waals surface area contributed by atoms with Gasteiger partial charge in [-0.15, -0.1) is 0 Å². The summed E-state index contributed by atoms with van der Waals surface area (Å²) in [7, 11) is 0. The van der Waals surface area contributed by atoms with Crippen molar-refractivity contribution >= 4 is 17.7 Å². The van der Waals surface area contributed by atoms with Crippen LogP contribution in [-0.4, -0.2) is 50.6 Å². The van der Waals surface area contributed by atoms with E-state index in [0.29, 0.717) is 31.2 Å². The molecule has 1 aliphatic rings. The van der Waals surface area contributed by atoms with Crippen LogP contribution < -0.4 is 0 Å². The second-order valence-electron chi connectivity index (χ2n) is 12.2. The topological polar surface area (TPSA) is 58.6 Å². The molecule has 0 N–H and O–H groups in total. The van der Waals surface area contributed by atoms with Gasteiger partial charge in [-0.3, -0.25) is 14.9 Å². The highest BCUT2D eigenvalue weighted by molar-refractivity contribution is 6.30. The minimum Gasteiger partial charge on any atom is -0.444 e. The highest BCUT2D eigenvalue weighted by atomic mass is 35.5. The van der Waals surface area contributed by atoms with Crippen LogP contribution in [0.1, 0.15) is 75.5 Å². The maximum absolute atomic E-state index is 13.7. The fraction of sp³-hybridized carbons (Fsp3) is 0.469. The molecule has 1 aliphatic heterocycles. The lowest BCUT2D eigenvalue weighted by Crippen LogP contribution is -2.47. The van der Waals surface area contributed by atoms with Crippen LogP contribution in [0.2, 0.25) is 5.02 Å². The molecule has 0 atom stereocenters. The van der Waals surface area contributed by atoms with Gasteiger partial charge in [0.1, 0.15) is 11.4 Å². The number of carbonyl (C=O) groups is 1. The molecule has 8 heteroatoms. The minimum atomic E-state index is -0.523. The van der Waals surface area contributed by atoms with Crippen LogP contribution >= 0.6 is 11.6 Å². The number of hydrogen-bond donors (Lipinski definition) is 0. The van der Waals surface area contributed by atoms with Gasteiger partial charge >= 0.3 is 6.09 Å². The van der Waals surface area contributed by atoms with E-state index in [0.717, 1.165) is 40.9 Å². The Kier molecular flexibility index (Phi) is 9.16. The van der Waals surface area contributed by atoms with Crippen molar-refractivity contribution in [3.8, 4) is 0 Å². The summed E-state index contributed by atoms with van der Waals surface area (Å²) in [4.78, 5) is 26.4. The first-order valence-corrected chi connectivity index (χ1v) is 14.2. The number of pyridine rings is 2. The van der Waals surface area contributed by atoms with Crippen LogP contribution in [0.25, 0.3) is 0 Å². The van der Waals surface area contributed by atoms with Crippen LogP contribution in [0.15, 0.2) is 54.9 Å². The van der Waals surface area contributed by atoms with Crippen LogP contribution in [0.4, 0.5) is 9.18 Å². The molecule has 1 aromatic carbocycles. The molecule has 0 bridgehead atoms. The lowest BCUT2D eigenvalue weighted by Gasteiger charge is -2.39. The molecular weight excluding hydrogens is 527 g/mol. The van der Waals surface area contributed by atoms with Crippen molar-refractivity contribution < 1.29 is 13.9 Å². The van der Waals surface area contributed by atoms with Crippen LogP contribution in [0.3, 0.4) is 0 Å². The molecule has 2 aromatic heterocycles. The number of amides is 1. The monoisotopic (exact) mass is 566 g/mol. The highest BCUT2D eigenvalue weighted by Gasteiger charge is 2.32. The number of nitrogens with zero attached hydrogens (tertiary/aromatic N) is 4. The Morgan fingerprint density at radius 1 is 1.05 bits per heavy atom. The number of halogens is 2. The number of ether oxygens (including phenoxy) is 1. The average molecular weight is 567 g/mol. The molecule has 214 valence electrons. The molecular formula is C32H40ClFN4O2. The number of hydrogen-bond acceptors (Lipinski definition) is 5. The number of rotatable bonds is 7. The standard InChI is InChI=1S/C32H40ClFN4O2/c1-22-18-24(33)19-36-28(22)20-38(26-13-16-37(17-14-26)30(39)40-31(2,3)4)21-29-27(8-7-15-35-29)32(5,6)23-9-11-25(34)12-10-23/h7-12,15,18-19,26H,13-14,16-17,20-21H2,1-6H3. The maximum atomic E-state index is 13.7. The van der Waals surface area contributed by atoms with Gasteiger partial charge in [-0.05, 0) is 81.5 Å². The van der Waals surface area contributed by atoms with Crippen LogP contribution in [-0.2, 0) is 23.2 Å². The Bertz CT molecular complexity index is 1320. The van der Waals surface area contributed by atoms with Gasteiger partial charge in [0.2, 0.25) is 0 Å². The SMILES string of the molecule is Cc1cc(Cl)cnc1CN(Cc1ncccc1C(C)(C)c1ccc(F)cc1)C1CCN(C(=O)OC(C)(C)C)CC1. The van der Waals surface area contributed by atoms with E-state index >= 15 is 0 Å². The molecule has 3 heterocycles. The highest BCUT2D eigenvalue weighted by Crippen LogP contribution is 2.34. The van der Waals surface area contributed by atoms with Crippen LogP contribution in [0.5, 0.6) is 0 Å². The largest absolute Gasteiger partial charge is 0.444 e. The van der Waals surface area contributed by atoms with Crippen molar-refractivity contribution in [3.05, 3.63) is 93.8 Å². The molecule has 40 heavy (non-hydrogen) atoms. The lowest BCUT2D eigenvalue weighted by atomic mass is 9.77. The van der Waals surface area contributed by atoms with E-state index in [-0.39, 0.29) is 23.4 Å². The summed E-state index contributed by atoms with van der Waals surface area (Å²) in [6.45, 7) is 14.5. The summed E-state index contributed by atoms with van der Waals surface area (Å²) in [6, 6.07) is 12.9. The molecule has 0 radical (unpaired) electrons. The summed E-state index contributed by atoms with van der Waals surface area (Å²) in [5.74, 6) is -0.249. The van der Waals surface area contributed by atoms with Crippen LogP contribution in [0, 0.1) is 12.7 Å². The second kappa shape index (κ2) is 12.2. The van der Waals surface area contributed by atoms with Gasteiger partial charge < -0.3 is 9.64 Å². The van der Waals surface area contributed by atoms with Gasteiger partial charge in [-0.1, -0.05) is 43.6 Å². The van der Waals surface area contributed by atoms with E-state index in [1.165, 1.54) is 12.1 Å². The fourth-order valence-corrected chi connectivity index (χ4v) is 5.54. The molecule has 3 aromatic rings. The smallest absolute Gasteiger partial charge is 0.410 e. The van der Waals surface area contributed by atoms with E-state index in [1.807, 2.05) is 58.2 Å². The van der Waals surface area contributed by atoms with Gasteiger partial charge in [0, 0.05) is 50.0 Å². The molecule has 0 aliphatic carbocycles. The number of aromatic nitrogens is 2. The number of aryl methyl sites for hydroxylation is 1. The van der Waals surface area contributed by atoms with Crippen molar-refractivity contribution in [2.24, 2.45) is 0 Å². The van der Waals surface area contributed by atoms with E-state index in [4.69, 9.17) is 21.3 Å². The Labute approximate surface area is 242 Å². The van der Waals surface area contributed by atoms with Crippen molar-refractivity contribution in [3.63, 3.8) is 0 Å². The number of likely N-dealkylation sites (tertiary alicyclic amines) is 1. The van der Waals surface area contributed by atoms with Gasteiger partial charge in [0.15, 0.2) is 0 Å². The molecule has 4 rings (SSSR count). The molecule has 1 fully saturated rings. The summed E-state index contributed by atoms with van der Waals surface area (Å²) in [5.41, 5.74) is 4.19. The second-order valence-corrected chi connectivity index (χ2v) is 12.6. The van der Waals surface area contributed by atoms with Gasteiger partial charge in [0.05, 0.1) is 16.4 Å².